The number of nitrogens with one attached hydrogen (secondary N) is 1. The lowest BCUT2D eigenvalue weighted by Crippen LogP contribution is -2.42. The molecule has 0 radical (unpaired) electrons. The van der Waals surface area contributed by atoms with Gasteiger partial charge in [-0.1, -0.05) is 0 Å². The Balaban J connectivity index is 1.35. The first kappa shape index (κ1) is 16.0. The van der Waals surface area contributed by atoms with Crippen molar-refractivity contribution in [3.63, 3.8) is 0 Å². The molecular weight excluding hydrogens is 300 g/mol. The summed E-state index contributed by atoms with van der Waals surface area (Å²) in [5, 5.41) is 2.69. The number of ether oxygens (including phenoxy) is 2. The molecule has 3 heterocycles. The quantitative estimate of drug-likeness (QED) is 0.875. The summed E-state index contributed by atoms with van der Waals surface area (Å²) >= 11 is 0. The van der Waals surface area contributed by atoms with E-state index < -0.39 is 0 Å². The lowest BCUT2D eigenvalue weighted by Gasteiger charge is -2.33. The van der Waals surface area contributed by atoms with Crippen LogP contribution in [0.15, 0.2) is 22.8 Å². The van der Waals surface area contributed by atoms with Gasteiger partial charge in [-0.3, -0.25) is 9.59 Å². The molecule has 2 fully saturated rings. The third-order valence-electron chi connectivity index (χ3n) is 4.29. The Labute approximate surface area is 134 Å². The van der Waals surface area contributed by atoms with Crippen molar-refractivity contribution in [3.8, 4) is 0 Å². The molecule has 2 aliphatic heterocycles. The summed E-state index contributed by atoms with van der Waals surface area (Å²) in [5.41, 5.74) is 0. The van der Waals surface area contributed by atoms with Crippen LogP contribution in [0.25, 0.3) is 0 Å². The van der Waals surface area contributed by atoms with Gasteiger partial charge in [0.1, 0.15) is 0 Å². The maximum atomic E-state index is 12.2. The van der Waals surface area contributed by atoms with E-state index in [0.717, 1.165) is 25.9 Å². The van der Waals surface area contributed by atoms with Crippen molar-refractivity contribution in [3.05, 3.63) is 24.2 Å². The standard InChI is InChI=1S/C16H22N2O5/c19-14(3-6-17-15(20)13-2-1-9-21-13)18-7-4-12(5-8-18)16-22-10-11-23-16/h1-2,9,12,16H,3-8,10-11H2,(H,17,20). The molecule has 7 heteroatoms. The third-order valence-corrected chi connectivity index (χ3v) is 4.29. The van der Waals surface area contributed by atoms with Crippen LogP contribution in [-0.4, -0.2) is 55.9 Å². The van der Waals surface area contributed by atoms with Crippen molar-refractivity contribution in [2.24, 2.45) is 5.92 Å². The maximum Gasteiger partial charge on any atom is 0.286 e. The van der Waals surface area contributed by atoms with Crippen molar-refractivity contribution < 1.29 is 23.5 Å². The van der Waals surface area contributed by atoms with E-state index in [1.54, 1.807) is 12.1 Å². The van der Waals surface area contributed by atoms with Crippen LogP contribution in [-0.2, 0) is 14.3 Å². The molecule has 0 unspecified atom stereocenters. The van der Waals surface area contributed by atoms with Crippen LogP contribution in [0.3, 0.4) is 0 Å². The predicted octanol–water partition coefficient (Wildman–Crippen LogP) is 1.01. The van der Waals surface area contributed by atoms with Gasteiger partial charge in [-0.2, -0.15) is 0 Å². The fourth-order valence-corrected chi connectivity index (χ4v) is 3.01. The first-order chi connectivity index (χ1) is 11.2. The fourth-order valence-electron chi connectivity index (χ4n) is 3.01. The van der Waals surface area contributed by atoms with Crippen LogP contribution in [0.4, 0.5) is 0 Å². The summed E-state index contributed by atoms with van der Waals surface area (Å²) in [5.74, 6) is 0.406. The largest absolute Gasteiger partial charge is 0.459 e. The zero-order chi connectivity index (χ0) is 16.1. The number of rotatable bonds is 5. The Bertz CT molecular complexity index is 517. The zero-order valence-corrected chi connectivity index (χ0v) is 13.0. The second-order valence-corrected chi connectivity index (χ2v) is 5.81. The highest BCUT2D eigenvalue weighted by Gasteiger charge is 2.31. The predicted molar refractivity (Wildman–Crippen MR) is 80.7 cm³/mol. The summed E-state index contributed by atoms with van der Waals surface area (Å²) in [6.45, 7) is 3.09. The normalized spacial score (nSPS) is 19.9. The first-order valence-corrected chi connectivity index (χ1v) is 8.07. The fraction of sp³-hybridized carbons (Fsp3) is 0.625. The van der Waals surface area contributed by atoms with Gasteiger partial charge in [0, 0.05) is 32.0 Å². The van der Waals surface area contributed by atoms with Crippen LogP contribution in [0.5, 0.6) is 0 Å². The molecule has 2 saturated heterocycles. The number of likely N-dealkylation sites (tertiary alicyclic amines) is 1. The van der Waals surface area contributed by atoms with E-state index in [4.69, 9.17) is 13.9 Å². The Hall–Kier alpha value is -1.86. The second-order valence-electron chi connectivity index (χ2n) is 5.81. The number of carbonyl (C=O) groups excluding carboxylic acids is 2. The summed E-state index contributed by atoms with van der Waals surface area (Å²) in [4.78, 5) is 25.7. The van der Waals surface area contributed by atoms with Crippen molar-refractivity contribution in [2.75, 3.05) is 32.8 Å². The first-order valence-electron chi connectivity index (χ1n) is 8.07. The number of amides is 2. The minimum absolute atomic E-state index is 0.0662. The van der Waals surface area contributed by atoms with Gasteiger partial charge < -0.3 is 24.1 Å². The van der Waals surface area contributed by atoms with Gasteiger partial charge in [0.25, 0.3) is 5.91 Å². The van der Waals surface area contributed by atoms with Crippen LogP contribution in [0.1, 0.15) is 29.8 Å². The number of hydrogen-bond acceptors (Lipinski definition) is 5. The number of piperidine rings is 1. The summed E-state index contributed by atoms with van der Waals surface area (Å²) in [7, 11) is 0. The monoisotopic (exact) mass is 322 g/mol. The minimum Gasteiger partial charge on any atom is -0.459 e. The van der Waals surface area contributed by atoms with Crippen molar-refractivity contribution in [2.45, 2.75) is 25.6 Å². The molecule has 0 bridgehead atoms. The van der Waals surface area contributed by atoms with E-state index in [1.807, 2.05) is 4.90 Å². The van der Waals surface area contributed by atoms with Crippen molar-refractivity contribution >= 4 is 11.8 Å². The Kier molecular flexibility index (Phi) is 5.30. The van der Waals surface area contributed by atoms with Crippen LogP contribution >= 0.6 is 0 Å². The van der Waals surface area contributed by atoms with Gasteiger partial charge in [-0.25, -0.2) is 0 Å². The van der Waals surface area contributed by atoms with E-state index >= 15 is 0 Å². The highest BCUT2D eigenvalue weighted by molar-refractivity contribution is 5.91. The van der Waals surface area contributed by atoms with Gasteiger partial charge in [0.15, 0.2) is 12.1 Å². The third kappa shape index (κ3) is 4.11. The Morgan fingerprint density at radius 3 is 2.61 bits per heavy atom. The molecule has 2 amide bonds. The topological polar surface area (TPSA) is 81.0 Å². The lowest BCUT2D eigenvalue weighted by molar-refractivity contribution is -0.136. The van der Waals surface area contributed by atoms with Gasteiger partial charge >= 0.3 is 0 Å². The average molecular weight is 322 g/mol. The van der Waals surface area contributed by atoms with Gasteiger partial charge in [-0.05, 0) is 25.0 Å². The summed E-state index contributed by atoms with van der Waals surface area (Å²) in [6.07, 6.45) is 3.44. The molecule has 0 aromatic carbocycles. The molecule has 3 rings (SSSR count). The zero-order valence-electron chi connectivity index (χ0n) is 13.0. The number of carbonyl (C=O) groups is 2. The number of nitrogens with zero attached hydrogens (tertiary/aromatic N) is 1. The van der Waals surface area contributed by atoms with Crippen molar-refractivity contribution in [1.82, 2.24) is 10.2 Å². The van der Waals surface area contributed by atoms with E-state index in [-0.39, 0.29) is 23.9 Å². The molecule has 126 valence electrons. The van der Waals surface area contributed by atoms with E-state index in [0.29, 0.717) is 32.1 Å². The SMILES string of the molecule is O=C(NCCC(=O)N1CCC(C2OCCO2)CC1)c1ccco1. The minimum atomic E-state index is -0.294. The average Bonchev–Trinajstić information content (AvgIpc) is 3.28. The molecule has 7 nitrogen and oxygen atoms in total. The summed E-state index contributed by atoms with van der Waals surface area (Å²) < 4.78 is 16.1. The van der Waals surface area contributed by atoms with E-state index in [9.17, 15) is 9.59 Å². The molecule has 1 aromatic heterocycles. The van der Waals surface area contributed by atoms with Gasteiger partial charge in [-0.15, -0.1) is 0 Å². The van der Waals surface area contributed by atoms with Crippen LogP contribution in [0.2, 0.25) is 0 Å². The number of furan rings is 1. The Morgan fingerprint density at radius 2 is 1.96 bits per heavy atom. The van der Waals surface area contributed by atoms with Crippen LogP contribution in [0, 0.1) is 5.92 Å². The molecular formula is C16H22N2O5. The van der Waals surface area contributed by atoms with Crippen LogP contribution < -0.4 is 5.32 Å². The maximum absolute atomic E-state index is 12.2. The molecule has 23 heavy (non-hydrogen) atoms. The molecule has 2 aliphatic rings. The number of hydrogen-bond donors (Lipinski definition) is 1. The van der Waals surface area contributed by atoms with Crippen molar-refractivity contribution in [1.29, 1.82) is 0 Å². The van der Waals surface area contributed by atoms with E-state index in [1.165, 1.54) is 6.26 Å². The highest BCUT2D eigenvalue weighted by Crippen LogP contribution is 2.25. The molecule has 0 saturated carbocycles. The second kappa shape index (κ2) is 7.61. The molecule has 0 atom stereocenters. The molecule has 1 N–H and O–H groups in total. The molecule has 0 aliphatic carbocycles. The lowest BCUT2D eigenvalue weighted by atomic mass is 9.96. The smallest absolute Gasteiger partial charge is 0.286 e. The Morgan fingerprint density at radius 1 is 1.22 bits per heavy atom. The van der Waals surface area contributed by atoms with Gasteiger partial charge in [0.05, 0.1) is 19.5 Å². The molecule has 1 aromatic rings. The van der Waals surface area contributed by atoms with Gasteiger partial charge in [0.2, 0.25) is 5.91 Å². The summed E-state index contributed by atoms with van der Waals surface area (Å²) in [6, 6.07) is 3.25. The molecule has 0 spiro atoms. The highest BCUT2D eigenvalue weighted by atomic mass is 16.7. The van der Waals surface area contributed by atoms with E-state index in [2.05, 4.69) is 5.32 Å².